The van der Waals surface area contributed by atoms with Gasteiger partial charge in [0, 0.05) is 10.8 Å². The molecule has 0 saturated heterocycles. The topological polar surface area (TPSA) is 66.8 Å². The van der Waals surface area contributed by atoms with Gasteiger partial charge in [-0.25, -0.2) is 4.79 Å². The highest BCUT2D eigenvalue weighted by atomic mass is 16.5. The molecule has 0 atom stereocenters. The minimum absolute atomic E-state index is 0.154. The van der Waals surface area contributed by atoms with Gasteiger partial charge in [0.05, 0.1) is 7.11 Å². The lowest BCUT2D eigenvalue weighted by molar-refractivity contribution is 0.0693. The van der Waals surface area contributed by atoms with E-state index in [-0.39, 0.29) is 11.3 Å². The lowest BCUT2D eigenvalue weighted by atomic mass is 10.0. The van der Waals surface area contributed by atoms with Gasteiger partial charge in [0.25, 0.3) is 0 Å². The van der Waals surface area contributed by atoms with Gasteiger partial charge in [-0.2, -0.15) is 0 Å². The summed E-state index contributed by atoms with van der Waals surface area (Å²) in [5, 5.41) is 20.1. The number of phenols is 1. The lowest BCUT2D eigenvalue weighted by Gasteiger charge is -2.10. The Labute approximate surface area is 98.1 Å². The summed E-state index contributed by atoms with van der Waals surface area (Å²) in [5.41, 5.74) is 0.858. The van der Waals surface area contributed by atoms with Gasteiger partial charge in [0.1, 0.15) is 17.1 Å². The molecule has 0 fully saturated rings. The maximum absolute atomic E-state index is 11.0. The number of aromatic carboxylic acids is 1. The van der Waals surface area contributed by atoms with Crippen LogP contribution < -0.4 is 4.74 Å². The van der Waals surface area contributed by atoms with Gasteiger partial charge in [-0.1, -0.05) is 17.7 Å². The summed E-state index contributed by atoms with van der Waals surface area (Å²) in [6, 6.07) is 6.68. The molecule has 0 radical (unpaired) electrons. The fourth-order valence-electron chi connectivity index (χ4n) is 1.82. The number of benzene rings is 2. The summed E-state index contributed by atoms with van der Waals surface area (Å²) in [5.74, 6) is -0.963. The minimum atomic E-state index is -1.18. The van der Waals surface area contributed by atoms with Crippen molar-refractivity contribution < 1.29 is 19.7 Å². The van der Waals surface area contributed by atoms with Crippen LogP contribution in [0.15, 0.2) is 24.3 Å². The molecule has 0 unspecified atom stereocenters. The lowest BCUT2D eigenvalue weighted by Crippen LogP contribution is -1.99. The van der Waals surface area contributed by atoms with Gasteiger partial charge in [-0.15, -0.1) is 0 Å². The predicted molar refractivity (Wildman–Crippen MR) is 63.9 cm³/mol. The van der Waals surface area contributed by atoms with Crippen molar-refractivity contribution >= 4 is 16.7 Å². The van der Waals surface area contributed by atoms with Crippen LogP contribution in [0.1, 0.15) is 15.9 Å². The fourth-order valence-corrected chi connectivity index (χ4v) is 1.82. The van der Waals surface area contributed by atoms with Crippen molar-refractivity contribution in [3.05, 3.63) is 35.4 Å². The Morgan fingerprint density at radius 2 is 1.94 bits per heavy atom. The average Bonchev–Trinajstić information content (AvgIpc) is 2.29. The molecule has 2 aromatic rings. The molecule has 4 nitrogen and oxygen atoms in total. The van der Waals surface area contributed by atoms with Crippen LogP contribution in [0.3, 0.4) is 0 Å². The predicted octanol–water partition coefficient (Wildman–Crippen LogP) is 2.56. The van der Waals surface area contributed by atoms with Crippen molar-refractivity contribution in [2.45, 2.75) is 6.92 Å². The van der Waals surface area contributed by atoms with Gasteiger partial charge >= 0.3 is 5.97 Å². The van der Waals surface area contributed by atoms with Gasteiger partial charge in [-0.05, 0) is 19.1 Å². The average molecular weight is 232 g/mol. The van der Waals surface area contributed by atoms with Gasteiger partial charge in [-0.3, -0.25) is 0 Å². The van der Waals surface area contributed by atoms with Crippen LogP contribution in [0.2, 0.25) is 0 Å². The Morgan fingerprint density at radius 3 is 2.53 bits per heavy atom. The first-order valence-corrected chi connectivity index (χ1v) is 5.08. The normalized spacial score (nSPS) is 10.5. The van der Waals surface area contributed by atoms with Crippen LogP contribution >= 0.6 is 0 Å². The van der Waals surface area contributed by atoms with Crippen LogP contribution in [0.4, 0.5) is 0 Å². The summed E-state index contributed by atoms with van der Waals surface area (Å²) in [4.78, 5) is 11.0. The zero-order valence-corrected chi connectivity index (χ0v) is 9.52. The number of carboxylic acids is 1. The molecule has 0 aromatic heterocycles. The maximum atomic E-state index is 11.0. The zero-order chi connectivity index (χ0) is 12.6. The molecule has 2 aromatic carbocycles. The molecule has 0 amide bonds. The molecule has 2 N–H and O–H groups in total. The number of fused-ring (bicyclic) bond motifs is 1. The van der Waals surface area contributed by atoms with Crippen LogP contribution in [0.5, 0.6) is 11.5 Å². The molecule has 0 heterocycles. The van der Waals surface area contributed by atoms with Crippen molar-refractivity contribution in [1.29, 1.82) is 0 Å². The van der Waals surface area contributed by atoms with E-state index in [1.165, 1.54) is 13.2 Å². The summed E-state index contributed by atoms with van der Waals surface area (Å²) in [6.07, 6.45) is 0. The molecule has 0 bridgehead atoms. The highest BCUT2D eigenvalue weighted by Crippen LogP contribution is 2.36. The van der Waals surface area contributed by atoms with Crippen LogP contribution in [0.25, 0.3) is 10.8 Å². The first kappa shape index (κ1) is 11.3. The molecule has 0 aliphatic rings. The number of rotatable bonds is 2. The Bertz CT molecular complexity index is 602. The number of ether oxygens (including phenoxy) is 1. The van der Waals surface area contributed by atoms with Gasteiger partial charge in [0.2, 0.25) is 0 Å². The van der Waals surface area contributed by atoms with Crippen molar-refractivity contribution in [2.24, 2.45) is 0 Å². The number of carboxylic acid groups (broad SMARTS) is 1. The second-order valence-electron chi connectivity index (χ2n) is 3.83. The summed E-state index contributed by atoms with van der Waals surface area (Å²) in [6.45, 7) is 1.92. The van der Waals surface area contributed by atoms with E-state index in [2.05, 4.69) is 0 Å². The zero-order valence-electron chi connectivity index (χ0n) is 9.52. The molecule has 0 spiro atoms. The molecule has 4 heteroatoms. The van der Waals surface area contributed by atoms with E-state index >= 15 is 0 Å². The second-order valence-corrected chi connectivity index (χ2v) is 3.83. The quantitative estimate of drug-likeness (QED) is 0.835. The van der Waals surface area contributed by atoms with Crippen molar-refractivity contribution in [1.82, 2.24) is 0 Å². The molecular formula is C13H12O4. The van der Waals surface area contributed by atoms with Crippen molar-refractivity contribution in [2.75, 3.05) is 7.11 Å². The van der Waals surface area contributed by atoms with E-state index in [9.17, 15) is 9.90 Å². The smallest absolute Gasteiger partial charge is 0.339 e. The number of hydrogen-bond donors (Lipinski definition) is 2. The Morgan fingerprint density at radius 1 is 1.24 bits per heavy atom. The third-order valence-corrected chi connectivity index (χ3v) is 2.68. The molecule has 0 aliphatic carbocycles. The number of aryl methyl sites for hydroxylation is 1. The van der Waals surface area contributed by atoms with Crippen LogP contribution in [0, 0.1) is 6.92 Å². The second kappa shape index (κ2) is 3.97. The standard InChI is InChI=1S/C13H12O4/c1-7-3-4-8-9(5-7)11(17-2)6-10(12(8)14)13(15)16/h3-6,14H,1-2H3,(H,15,16). The first-order chi connectivity index (χ1) is 8.04. The third kappa shape index (κ3) is 1.78. The van der Waals surface area contributed by atoms with Crippen LogP contribution in [-0.2, 0) is 0 Å². The Hall–Kier alpha value is -2.23. The van der Waals surface area contributed by atoms with E-state index < -0.39 is 5.97 Å². The largest absolute Gasteiger partial charge is 0.506 e. The Kier molecular flexibility index (Phi) is 2.63. The van der Waals surface area contributed by atoms with E-state index in [0.29, 0.717) is 16.5 Å². The number of hydrogen-bond acceptors (Lipinski definition) is 3. The third-order valence-electron chi connectivity index (χ3n) is 2.68. The van der Waals surface area contributed by atoms with Crippen LogP contribution in [-0.4, -0.2) is 23.3 Å². The number of aromatic hydroxyl groups is 1. The van der Waals surface area contributed by atoms with Gasteiger partial charge in [0.15, 0.2) is 0 Å². The summed E-state index contributed by atoms with van der Waals surface area (Å²) >= 11 is 0. The van der Waals surface area contributed by atoms with E-state index in [1.807, 2.05) is 19.1 Å². The van der Waals surface area contributed by atoms with Crippen molar-refractivity contribution in [3.63, 3.8) is 0 Å². The van der Waals surface area contributed by atoms with E-state index in [4.69, 9.17) is 9.84 Å². The highest BCUT2D eigenvalue weighted by Gasteiger charge is 2.16. The minimum Gasteiger partial charge on any atom is -0.506 e. The molecule has 0 aliphatic heterocycles. The molecule has 88 valence electrons. The number of methoxy groups -OCH3 is 1. The summed E-state index contributed by atoms with van der Waals surface area (Å²) in [7, 11) is 1.47. The first-order valence-electron chi connectivity index (χ1n) is 5.08. The Balaban J connectivity index is 2.89. The SMILES string of the molecule is COc1cc(C(=O)O)c(O)c2ccc(C)cc12. The molecule has 17 heavy (non-hydrogen) atoms. The van der Waals surface area contributed by atoms with E-state index in [0.717, 1.165) is 5.56 Å². The molecule has 2 rings (SSSR count). The molecule has 0 saturated carbocycles. The molecular weight excluding hydrogens is 220 g/mol. The monoisotopic (exact) mass is 232 g/mol. The number of carbonyl (C=O) groups is 1. The maximum Gasteiger partial charge on any atom is 0.339 e. The fraction of sp³-hybridized carbons (Fsp3) is 0.154. The summed E-state index contributed by atoms with van der Waals surface area (Å²) < 4.78 is 5.15. The van der Waals surface area contributed by atoms with E-state index in [1.54, 1.807) is 6.07 Å². The van der Waals surface area contributed by atoms with Crippen molar-refractivity contribution in [3.8, 4) is 11.5 Å². The highest BCUT2D eigenvalue weighted by molar-refractivity contribution is 6.03. The van der Waals surface area contributed by atoms with Gasteiger partial charge < -0.3 is 14.9 Å².